The third-order valence-electron chi connectivity index (χ3n) is 5.69. The molecule has 0 bridgehead atoms. The van der Waals surface area contributed by atoms with Gasteiger partial charge in [0.2, 0.25) is 0 Å². The van der Waals surface area contributed by atoms with Crippen LogP contribution in [0.2, 0.25) is 0 Å². The summed E-state index contributed by atoms with van der Waals surface area (Å²) < 4.78 is 0. The monoisotopic (exact) mass is 340 g/mol. The zero-order valence-corrected chi connectivity index (χ0v) is 14.8. The zero-order chi connectivity index (χ0) is 17.1. The number of para-hydroxylation sites is 2. The van der Waals surface area contributed by atoms with E-state index >= 15 is 0 Å². The van der Waals surface area contributed by atoms with Crippen LogP contribution in [0.4, 0.5) is 11.6 Å². The maximum Gasteiger partial charge on any atom is 0.172 e. The van der Waals surface area contributed by atoms with Gasteiger partial charge >= 0.3 is 0 Å². The molecule has 4 rings (SSSR count). The molecule has 1 aromatic carbocycles. The second kappa shape index (κ2) is 7.56. The molecule has 0 amide bonds. The summed E-state index contributed by atoms with van der Waals surface area (Å²) in [5, 5.41) is 13.1. The predicted molar refractivity (Wildman–Crippen MR) is 102 cm³/mol. The molecule has 2 N–H and O–H groups in total. The molecule has 5 heteroatoms. The molecule has 0 radical (unpaired) electrons. The molecule has 1 aliphatic carbocycles. The van der Waals surface area contributed by atoms with Crippen molar-refractivity contribution in [2.45, 2.75) is 51.0 Å². The van der Waals surface area contributed by atoms with E-state index in [9.17, 15) is 5.11 Å². The van der Waals surface area contributed by atoms with Crippen LogP contribution >= 0.6 is 0 Å². The number of hydrogen-bond acceptors (Lipinski definition) is 5. The van der Waals surface area contributed by atoms with Crippen LogP contribution in [0, 0.1) is 5.92 Å². The van der Waals surface area contributed by atoms with E-state index in [4.69, 9.17) is 9.97 Å². The lowest BCUT2D eigenvalue weighted by atomic mass is 10.00. The van der Waals surface area contributed by atoms with E-state index < -0.39 is 0 Å². The largest absolute Gasteiger partial charge is 0.396 e. The van der Waals surface area contributed by atoms with E-state index in [0.29, 0.717) is 12.0 Å². The molecule has 25 heavy (non-hydrogen) atoms. The van der Waals surface area contributed by atoms with Gasteiger partial charge in [-0.3, -0.25) is 0 Å². The van der Waals surface area contributed by atoms with Crippen LogP contribution in [0.3, 0.4) is 0 Å². The molecule has 2 aromatic rings. The first-order valence-electron chi connectivity index (χ1n) is 9.74. The Kier molecular flexibility index (Phi) is 5.02. The van der Waals surface area contributed by atoms with Crippen molar-refractivity contribution in [3.8, 4) is 0 Å². The highest BCUT2D eigenvalue weighted by Gasteiger charge is 2.29. The van der Waals surface area contributed by atoms with Crippen LogP contribution < -0.4 is 10.2 Å². The number of hydrogen-bond donors (Lipinski definition) is 2. The van der Waals surface area contributed by atoms with Gasteiger partial charge in [-0.15, -0.1) is 0 Å². The van der Waals surface area contributed by atoms with Gasteiger partial charge in [-0.25, -0.2) is 9.97 Å². The summed E-state index contributed by atoms with van der Waals surface area (Å²) in [6, 6.07) is 8.52. The highest BCUT2D eigenvalue weighted by Crippen LogP contribution is 2.34. The minimum absolute atomic E-state index is 0.269. The number of piperidine rings is 1. The lowest BCUT2D eigenvalue weighted by molar-refractivity contribution is 0.254. The molecule has 2 unspecified atom stereocenters. The second-order valence-electron chi connectivity index (χ2n) is 7.39. The number of aliphatic hydroxyl groups excluding tert-OH is 1. The van der Waals surface area contributed by atoms with Gasteiger partial charge in [0.15, 0.2) is 11.6 Å². The first-order chi connectivity index (χ1) is 12.3. The highest BCUT2D eigenvalue weighted by atomic mass is 16.3. The third-order valence-corrected chi connectivity index (χ3v) is 5.69. The summed E-state index contributed by atoms with van der Waals surface area (Å²) in [6.07, 6.45) is 8.20. The van der Waals surface area contributed by atoms with Gasteiger partial charge in [-0.1, -0.05) is 18.6 Å². The first-order valence-corrected chi connectivity index (χ1v) is 9.74. The van der Waals surface area contributed by atoms with E-state index in [1.165, 1.54) is 32.1 Å². The Hall–Kier alpha value is -1.88. The van der Waals surface area contributed by atoms with Crippen LogP contribution in [0.15, 0.2) is 24.3 Å². The van der Waals surface area contributed by atoms with Crippen molar-refractivity contribution in [1.82, 2.24) is 9.97 Å². The average molecular weight is 340 g/mol. The Morgan fingerprint density at radius 1 is 1.00 bits per heavy atom. The van der Waals surface area contributed by atoms with E-state index in [1.807, 2.05) is 24.3 Å². The molecule has 1 saturated carbocycles. The number of nitrogens with zero attached hydrogens (tertiary/aromatic N) is 3. The number of anilines is 2. The molecule has 2 aliphatic rings. The zero-order valence-electron chi connectivity index (χ0n) is 14.8. The van der Waals surface area contributed by atoms with Gasteiger partial charge in [0.25, 0.3) is 0 Å². The smallest absolute Gasteiger partial charge is 0.172 e. The van der Waals surface area contributed by atoms with Crippen LogP contribution in [-0.2, 0) is 0 Å². The third kappa shape index (κ3) is 3.56. The van der Waals surface area contributed by atoms with Gasteiger partial charge in [0, 0.05) is 25.7 Å². The van der Waals surface area contributed by atoms with Crippen LogP contribution in [0.25, 0.3) is 11.0 Å². The fourth-order valence-electron chi connectivity index (χ4n) is 4.33. The van der Waals surface area contributed by atoms with Gasteiger partial charge in [-0.05, 0) is 56.6 Å². The minimum Gasteiger partial charge on any atom is -0.396 e. The predicted octanol–water partition coefficient (Wildman–Crippen LogP) is 3.58. The molecule has 134 valence electrons. The average Bonchev–Trinajstić information content (AvgIpc) is 3.09. The Morgan fingerprint density at radius 2 is 1.76 bits per heavy atom. The van der Waals surface area contributed by atoms with E-state index in [2.05, 4.69) is 10.2 Å². The Labute approximate surface area is 149 Å². The standard InChI is InChI=1S/C20H28N4O/c25-14-11-15-7-6-10-16(15)21-19-20(24-12-4-1-5-13-24)23-18-9-3-2-8-17(18)22-19/h2-3,8-9,15-16,25H,1,4-7,10-14H2,(H,21,22). The maximum atomic E-state index is 9.35. The Bertz CT molecular complexity index is 714. The van der Waals surface area contributed by atoms with Crippen molar-refractivity contribution >= 4 is 22.7 Å². The van der Waals surface area contributed by atoms with Gasteiger partial charge < -0.3 is 15.3 Å². The minimum atomic E-state index is 0.269. The van der Waals surface area contributed by atoms with E-state index in [-0.39, 0.29) is 6.61 Å². The topological polar surface area (TPSA) is 61.3 Å². The van der Waals surface area contributed by atoms with Crippen molar-refractivity contribution in [1.29, 1.82) is 0 Å². The first kappa shape index (κ1) is 16.6. The van der Waals surface area contributed by atoms with Crippen LogP contribution in [-0.4, -0.2) is 40.8 Å². The molecular weight excluding hydrogens is 312 g/mol. The molecule has 1 saturated heterocycles. The molecule has 1 aliphatic heterocycles. The summed E-state index contributed by atoms with van der Waals surface area (Å²) in [5.74, 6) is 2.47. The lowest BCUT2D eigenvalue weighted by Gasteiger charge is -2.30. The maximum absolute atomic E-state index is 9.35. The van der Waals surface area contributed by atoms with Crippen molar-refractivity contribution < 1.29 is 5.11 Å². The summed E-state index contributed by atoms with van der Waals surface area (Å²) in [6.45, 7) is 2.39. The lowest BCUT2D eigenvalue weighted by Crippen LogP contribution is -2.33. The normalized spacial score (nSPS) is 24.0. The van der Waals surface area contributed by atoms with Crippen molar-refractivity contribution in [2.24, 2.45) is 5.92 Å². The number of nitrogens with one attached hydrogen (secondary N) is 1. The van der Waals surface area contributed by atoms with Crippen molar-refractivity contribution in [3.63, 3.8) is 0 Å². The highest BCUT2D eigenvalue weighted by molar-refractivity contribution is 5.80. The summed E-state index contributed by atoms with van der Waals surface area (Å²) in [5.41, 5.74) is 1.91. The molecule has 0 spiro atoms. The quantitative estimate of drug-likeness (QED) is 0.871. The van der Waals surface area contributed by atoms with Gasteiger partial charge in [0.05, 0.1) is 11.0 Å². The van der Waals surface area contributed by atoms with Crippen molar-refractivity contribution in [3.05, 3.63) is 24.3 Å². The Balaban J connectivity index is 1.67. The number of aliphatic hydroxyl groups is 1. The molecule has 2 atom stereocenters. The molecule has 1 aromatic heterocycles. The van der Waals surface area contributed by atoms with Gasteiger partial charge in [-0.2, -0.15) is 0 Å². The fraction of sp³-hybridized carbons (Fsp3) is 0.600. The fourth-order valence-corrected chi connectivity index (χ4v) is 4.33. The number of fused-ring (bicyclic) bond motifs is 1. The summed E-state index contributed by atoms with van der Waals surface area (Å²) >= 11 is 0. The molecule has 2 fully saturated rings. The Morgan fingerprint density at radius 3 is 2.52 bits per heavy atom. The van der Waals surface area contributed by atoms with E-state index in [0.717, 1.165) is 48.6 Å². The number of benzene rings is 1. The van der Waals surface area contributed by atoms with Crippen LogP contribution in [0.5, 0.6) is 0 Å². The molecular formula is C20H28N4O. The summed E-state index contributed by atoms with van der Waals surface area (Å²) in [7, 11) is 0. The number of aromatic nitrogens is 2. The SMILES string of the molecule is OCCC1CCCC1Nc1nc2ccccc2nc1N1CCCCC1. The number of rotatable bonds is 5. The van der Waals surface area contributed by atoms with E-state index in [1.54, 1.807) is 0 Å². The molecule has 2 heterocycles. The second-order valence-corrected chi connectivity index (χ2v) is 7.39. The molecule has 5 nitrogen and oxygen atoms in total. The van der Waals surface area contributed by atoms with Gasteiger partial charge in [0.1, 0.15) is 0 Å². The summed E-state index contributed by atoms with van der Waals surface area (Å²) in [4.78, 5) is 12.3. The van der Waals surface area contributed by atoms with Crippen LogP contribution in [0.1, 0.15) is 44.9 Å². The van der Waals surface area contributed by atoms with Crippen molar-refractivity contribution in [2.75, 3.05) is 29.9 Å².